The van der Waals surface area contributed by atoms with E-state index in [1.54, 1.807) is 0 Å². The first-order chi connectivity index (χ1) is 31.8. The van der Waals surface area contributed by atoms with Gasteiger partial charge in [-0.3, -0.25) is 0 Å². The highest BCUT2D eigenvalue weighted by Crippen LogP contribution is 2.58. The van der Waals surface area contributed by atoms with Gasteiger partial charge in [0.25, 0.3) is 0 Å². The van der Waals surface area contributed by atoms with Gasteiger partial charge in [-0.25, -0.2) is 0 Å². The lowest BCUT2D eigenvalue weighted by atomic mass is 9.77. The van der Waals surface area contributed by atoms with E-state index in [9.17, 15) is 0 Å². The molecular weight excluding hydrogens is 785 g/mol. The zero-order chi connectivity index (χ0) is 43.3. The second kappa shape index (κ2) is 12.9. The van der Waals surface area contributed by atoms with Gasteiger partial charge < -0.3 is 4.42 Å². The second-order valence-electron chi connectivity index (χ2n) is 19.5. The predicted molar refractivity (Wildman–Crippen MR) is 275 cm³/mol. The monoisotopic (exact) mass is 828 g/mol. The topological polar surface area (TPSA) is 13.1 Å². The third-order valence-corrected chi connectivity index (χ3v) is 15.4. The molecule has 0 amide bonds. The van der Waals surface area contributed by atoms with Crippen LogP contribution in [0.2, 0.25) is 0 Å². The average molecular weight is 829 g/mol. The Kier molecular flexibility index (Phi) is 7.30. The van der Waals surface area contributed by atoms with E-state index in [0.29, 0.717) is 0 Å². The van der Waals surface area contributed by atoms with E-state index in [1.165, 1.54) is 126 Å². The normalized spacial score (nSPS) is 14.4. The highest BCUT2D eigenvalue weighted by Gasteiger charge is 2.41. The average Bonchev–Trinajstić information content (AvgIpc) is 3.92. The molecule has 2 aliphatic rings. The maximum Gasteiger partial charge on any atom is 0.143 e. The molecule has 0 saturated carbocycles. The molecule has 0 spiro atoms. The molecule has 0 atom stereocenters. The van der Waals surface area contributed by atoms with E-state index in [-0.39, 0.29) is 10.8 Å². The van der Waals surface area contributed by atoms with Crippen LogP contribution in [0.25, 0.3) is 121 Å². The lowest BCUT2D eigenvalue weighted by molar-refractivity contribution is 0.659. The summed E-state index contributed by atoms with van der Waals surface area (Å²) in [4.78, 5) is 0. The standard InChI is InChI=1S/C64H44O/c1-63(2)54-33-29-39(42-24-14-26-50-51-32-34-56-59(61(51)64(3,4)60(42)50)52-31-27-38-16-6-8-19-43(38)62(52)65-56)35-53(54)44-30-28-40(36-55(44)63)57-46-20-9-11-22-48(46)58(49-23-12-10-21-47(49)57)45-25-13-17-37-15-5-7-18-41(37)45/h5-36H,1-4H3. The molecule has 306 valence electrons. The molecule has 2 aliphatic carbocycles. The molecule has 0 saturated heterocycles. The van der Waals surface area contributed by atoms with E-state index >= 15 is 0 Å². The van der Waals surface area contributed by atoms with Crippen molar-refractivity contribution in [2.24, 2.45) is 0 Å². The maximum atomic E-state index is 6.72. The zero-order valence-corrected chi connectivity index (χ0v) is 36.9. The van der Waals surface area contributed by atoms with Crippen molar-refractivity contribution in [3.8, 4) is 55.6 Å². The summed E-state index contributed by atoms with van der Waals surface area (Å²) in [6.45, 7) is 9.64. The van der Waals surface area contributed by atoms with Crippen LogP contribution in [0.15, 0.2) is 199 Å². The van der Waals surface area contributed by atoms with Gasteiger partial charge >= 0.3 is 0 Å². The number of furan rings is 1. The lowest BCUT2D eigenvalue weighted by Crippen LogP contribution is -2.17. The Morgan fingerprint density at radius 3 is 1.65 bits per heavy atom. The number of hydrogen-bond acceptors (Lipinski definition) is 1. The molecule has 0 aliphatic heterocycles. The smallest absolute Gasteiger partial charge is 0.143 e. The Balaban J connectivity index is 0.921. The van der Waals surface area contributed by atoms with Crippen LogP contribution in [0.3, 0.4) is 0 Å². The third kappa shape index (κ3) is 4.88. The van der Waals surface area contributed by atoms with Crippen LogP contribution >= 0.6 is 0 Å². The van der Waals surface area contributed by atoms with Crippen molar-refractivity contribution in [3.05, 3.63) is 216 Å². The largest absolute Gasteiger partial charge is 0.455 e. The molecule has 65 heavy (non-hydrogen) atoms. The molecule has 12 aromatic rings. The summed E-state index contributed by atoms with van der Waals surface area (Å²) in [5.41, 5.74) is 19.9. The fourth-order valence-electron chi connectivity index (χ4n) is 12.5. The van der Waals surface area contributed by atoms with E-state index in [4.69, 9.17) is 4.42 Å². The van der Waals surface area contributed by atoms with Gasteiger partial charge in [0, 0.05) is 27.0 Å². The summed E-state index contributed by atoms with van der Waals surface area (Å²) < 4.78 is 6.72. The van der Waals surface area contributed by atoms with Crippen molar-refractivity contribution in [2.45, 2.75) is 38.5 Å². The van der Waals surface area contributed by atoms with Crippen molar-refractivity contribution in [1.29, 1.82) is 0 Å². The number of benzene rings is 11. The van der Waals surface area contributed by atoms with Crippen molar-refractivity contribution in [1.82, 2.24) is 0 Å². The lowest BCUT2D eigenvalue weighted by Gasteiger charge is -2.26. The highest BCUT2D eigenvalue weighted by molar-refractivity contribution is 6.24. The molecule has 1 heterocycles. The fraction of sp³-hybridized carbons (Fsp3) is 0.0938. The first kappa shape index (κ1) is 36.7. The minimum atomic E-state index is -0.261. The fourth-order valence-corrected chi connectivity index (χ4v) is 12.5. The third-order valence-electron chi connectivity index (χ3n) is 15.4. The molecule has 0 unspecified atom stereocenters. The van der Waals surface area contributed by atoms with E-state index < -0.39 is 0 Å². The molecule has 0 bridgehead atoms. The molecular formula is C64H44O. The summed E-state index contributed by atoms with van der Waals surface area (Å²) >= 11 is 0. The molecule has 0 radical (unpaired) electrons. The SMILES string of the molecule is CC1(C)c2ccc(-c3cccc4c3C(C)(C)c3c-4ccc4oc5c6ccccc6ccc5c34)cc2-c2ccc(-c3c4ccccc4c(-c4cccc5ccccc45)c4ccccc34)cc21. The van der Waals surface area contributed by atoms with Gasteiger partial charge in [-0.15, -0.1) is 0 Å². The first-order valence-corrected chi connectivity index (χ1v) is 23.0. The van der Waals surface area contributed by atoms with Crippen LogP contribution in [0.5, 0.6) is 0 Å². The number of fused-ring (bicyclic) bond motifs is 15. The quantitative estimate of drug-likeness (QED) is 0.162. The van der Waals surface area contributed by atoms with Crippen molar-refractivity contribution < 1.29 is 4.42 Å². The summed E-state index contributed by atoms with van der Waals surface area (Å²) in [5.74, 6) is 0. The van der Waals surface area contributed by atoms with Crippen molar-refractivity contribution in [2.75, 3.05) is 0 Å². The highest BCUT2D eigenvalue weighted by atomic mass is 16.3. The second-order valence-corrected chi connectivity index (χ2v) is 19.5. The van der Waals surface area contributed by atoms with Crippen molar-refractivity contribution in [3.63, 3.8) is 0 Å². The van der Waals surface area contributed by atoms with Crippen LogP contribution in [0, 0.1) is 0 Å². The van der Waals surface area contributed by atoms with Crippen LogP contribution in [0.4, 0.5) is 0 Å². The Hall–Kier alpha value is -7.74. The molecule has 1 aromatic heterocycles. The Morgan fingerprint density at radius 2 is 0.892 bits per heavy atom. The molecule has 0 N–H and O–H groups in total. The Labute approximate surface area is 378 Å². The molecule has 0 fully saturated rings. The van der Waals surface area contributed by atoms with Crippen LogP contribution in [-0.4, -0.2) is 0 Å². The van der Waals surface area contributed by atoms with Gasteiger partial charge in [0.2, 0.25) is 0 Å². The van der Waals surface area contributed by atoms with Gasteiger partial charge in [-0.05, 0) is 140 Å². The van der Waals surface area contributed by atoms with E-state index in [1.807, 2.05) is 0 Å². The molecule has 14 rings (SSSR count). The predicted octanol–water partition coefficient (Wildman–Crippen LogP) is 17.8. The van der Waals surface area contributed by atoms with E-state index in [0.717, 1.165) is 16.6 Å². The van der Waals surface area contributed by atoms with Gasteiger partial charge in [0.15, 0.2) is 0 Å². The Bertz CT molecular complexity index is 4000. The van der Waals surface area contributed by atoms with Gasteiger partial charge in [0.05, 0.1) is 0 Å². The summed E-state index contributed by atoms with van der Waals surface area (Å²) in [7, 11) is 0. The minimum absolute atomic E-state index is 0.181. The molecule has 11 aromatic carbocycles. The number of rotatable bonds is 3. The number of hydrogen-bond donors (Lipinski definition) is 0. The van der Waals surface area contributed by atoms with Crippen LogP contribution in [0.1, 0.15) is 49.9 Å². The minimum Gasteiger partial charge on any atom is -0.455 e. The van der Waals surface area contributed by atoms with E-state index in [2.05, 4.69) is 222 Å². The summed E-state index contributed by atoms with van der Waals surface area (Å²) in [6.07, 6.45) is 0. The first-order valence-electron chi connectivity index (χ1n) is 23.0. The Morgan fingerprint density at radius 1 is 0.323 bits per heavy atom. The molecule has 1 heteroatoms. The van der Waals surface area contributed by atoms with Crippen LogP contribution < -0.4 is 0 Å². The molecule has 1 nitrogen and oxygen atoms in total. The summed E-state index contributed by atoms with van der Waals surface area (Å²) in [6, 6.07) is 72.6. The zero-order valence-electron chi connectivity index (χ0n) is 36.9. The van der Waals surface area contributed by atoms with Gasteiger partial charge in [-0.1, -0.05) is 198 Å². The summed E-state index contributed by atoms with van der Waals surface area (Å²) in [5, 5.41) is 12.4. The van der Waals surface area contributed by atoms with Crippen LogP contribution in [-0.2, 0) is 10.8 Å². The van der Waals surface area contributed by atoms with Gasteiger partial charge in [0.1, 0.15) is 11.2 Å². The van der Waals surface area contributed by atoms with Gasteiger partial charge in [-0.2, -0.15) is 0 Å². The maximum absolute atomic E-state index is 6.72. The van der Waals surface area contributed by atoms with Crippen molar-refractivity contribution >= 4 is 65.0 Å².